The summed E-state index contributed by atoms with van der Waals surface area (Å²) in [6.45, 7) is 7.54. The van der Waals surface area contributed by atoms with E-state index in [1.807, 2.05) is 52.0 Å². The topological polar surface area (TPSA) is 58.2 Å². The van der Waals surface area contributed by atoms with Crippen molar-refractivity contribution in [3.05, 3.63) is 33.8 Å². The van der Waals surface area contributed by atoms with Crippen LogP contribution in [-0.4, -0.2) is 21.9 Å². The number of rotatable bonds is 3. The molecule has 0 aliphatic heterocycles. The smallest absolute Gasteiger partial charge is 0.421 e. The first-order chi connectivity index (χ1) is 10.3. The number of aromatic amines is 1. The number of amides is 1. The number of aromatic nitrogens is 2. The van der Waals surface area contributed by atoms with E-state index in [4.69, 9.17) is 17.0 Å². The van der Waals surface area contributed by atoms with E-state index in [9.17, 15) is 4.79 Å². The molecule has 22 heavy (non-hydrogen) atoms. The average molecular weight is 337 g/mol. The third-order valence-electron chi connectivity index (χ3n) is 2.81. The van der Waals surface area contributed by atoms with Crippen molar-refractivity contribution in [2.24, 2.45) is 0 Å². The normalized spacial score (nSPS) is 11.3. The van der Waals surface area contributed by atoms with Gasteiger partial charge in [0.25, 0.3) is 0 Å². The van der Waals surface area contributed by atoms with E-state index in [1.165, 1.54) is 16.2 Å². The molecule has 2 rings (SSSR count). The Kier molecular flexibility index (Phi) is 4.97. The molecule has 0 spiro atoms. The first-order valence-corrected chi connectivity index (χ1v) is 8.21. The van der Waals surface area contributed by atoms with Crippen LogP contribution < -0.4 is 4.90 Å². The lowest BCUT2D eigenvalue weighted by molar-refractivity contribution is 0.0598. The molecule has 0 atom stereocenters. The highest BCUT2D eigenvalue weighted by Crippen LogP contribution is 2.32. The van der Waals surface area contributed by atoms with E-state index in [2.05, 4.69) is 10.2 Å². The molecule has 0 unspecified atom stereocenters. The minimum absolute atomic E-state index is 0.467. The number of benzene rings is 1. The molecule has 0 radical (unpaired) electrons. The Bertz CT molecular complexity index is 716. The van der Waals surface area contributed by atoms with Crippen LogP contribution in [0.25, 0.3) is 0 Å². The van der Waals surface area contributed by atoms with Gasteiger partial charge in [-0.25, -0.2) is 9.69 Å². The molecule has 1 heterocycles. The van der Waals surface area contributed by atoms with Crippen molar-refractivity contribution in [3.63, 3.8) is 0 Å². The summed E-state index contributed by atoms with van der Waals surface area (Å²) >= 11 is 6.32. The largest absolute Gasteiger partial charge is 0.443 e. The van der Waals surface area contributed by atoms with E-state index >= 15 is 0 Å². The van der Waals surface area contributed by atoms with Crippen LogP contribution in [0.2, 0.25) is 0 Å². The Morgan fingerprint density at radius 1 is 1.41 bits per heavy atom. The van der Waals surface area contributed by atoms with Gasteiger partial charge in [-0.2, -0.15) is 0 Å². The SMILES string of the molecule is CCc1ccccc1N(C(=O)OC(C)(C)C)c1n[nH]c(=S)s1. The lowest BCUT2D eigenvalue weighted by Gasteiger charge is -2.26. The first kappa shape index (κ1) is 16.6. The highest BCUT2D eigenvalue weighted by Gasteiger charge is 2.28. The summed E-state index contributed by atoms with van der Waals surface area (Å²) in [4.78, 5) is 14.1. The predicted molar refractivity (Wildman–Crippen MR) is 91.5 cm³/mol. The van der Waals surface area contributed by atoms with Gasteiger partial charge in [0, 0.05) is 0 Å². The molecular formula is C15H19N3O2S2. The van der Waals surface area contributed by atoms with Crippen LogP contribution in [0.4, 0.5) is 15.6 Å². The van der Waals surface area contributed by atoms with Crippen molar-refractivity contribution < 1.29 is 9.53 Å². The number of carbonyl (C=O) groups is 1. The van der Waals surface area contributed by atoms with Crippen LogP contribution in [0.1, 0.15) is 33.3 Å². The third kappa shape index (κ3) is 3.92. The second-order valence-electron chi connectivity index (χ2n) is 5.69. The Morgan fingerprint density at radius 3 is 2.64 bits per heavy atom. The minimum Gasteiger partial charge on any atom is -0.443 e. The zero-order chi connectivity index (χ0) is 16.3. The number of hydrogen-bond acceptors (Lipinski definition) is 5. The van der Waals surface area contributed by atoms with Crippen molar-refractivity contribution in [3.8, 4) is 0 Å². The molecule has 2 aromatic rings. The summed E-state index contributed by atoms with van der Waals surface area (Å²) in [5.41, 5.74) is 1.21. The number of aryl methyl sites for hydroxylation is 1. The first-order valence-electron chi connectivity index (χ1n) is 6.98. The second-order valence-corrected chi connectivity index (χ2v) is 7.34. The third-order valence-corrected chi connectivity index (χ3v) is 3.88. The van der Waals surface area contributed by atoms with Gasteiger partial charge in [-0.3, -0.25) is 5.10 Å². The number of anilines is 2. The van der Waals surface area contributed by atoms with Crippen molar-refractivity contribution in [1.82, 2.24) is 10.2 Å². The fourth-order valence-corrected chi connectivity index (χ4v) is 2.81. The van der Waals surface area contributed by atoms with Gasteiger partial charge in [-0.15, -0.1) is 5.10 Å². The Hall–Kier alpha value is -1.73. The maximum Gasteiger partial charge on any atom is 0.421 e. The van der Waals surface area contributed by atoms with Gasteiger partial charge in [-0.1, -0.05) is 36.5 Å². The maximum atomic E-state index is 12.7. The predicted octanol–water partition coefficient (Wildman–Crippen LogP) is 4.84. The van der Waals surface area contributed by atoms with Gasteiger partial charge >= 0.3 is 6.09 Å². The molecule has 1 aromatic carbocycles. The standard InChI is InChI=1S/C15H19N3O2S2/c1-5-10-8-6-7-9-11(10)18(12-16-17-13(21)22-12)14(19)20-15(2,3)4/h6-9H,5H2,1-4H3,(H,17,21). The van der Waals surface area contributed by atoms with Gasteiger partial charge in [0.05, 0.1) is 5.69 Å². The molecule has 0 fully saturated rings. The van der Waals surface area contributed by atoms with Crippen molar-refractivity contribution in [1.29, 1.82) is 0 Å². The fourth-order valence-electron chi connectivity index (χ4n) is 1.93. The van der Waals surface area contributed by atoms with E-state index in [-0.39, 0.29) is 0 Å². The summed E-state index contributed by atoms with van der Waals surface area (Å²) < 4.78 is 6.03. The average Bonchev–Trinajstić information content (AvgIpc) is 2.84. The van der Waals surface area contributed by atoms with Gasteiger partial charge in [0.2, 0.25) is 5.13 Å². The molecule has 1 N–H and O–H groups in total. The lowest BCUT2D eigenvalue weighted by Crippen LogP contribution is -2.34. The molecular weight excluding hydrogens is 318 g/mol. The molecule has 0 saturated carbocycles. The molecule has 5 nitrogen and oxygen atoms in total. The molecule has 0 aliphatic carbocycles. The van der Waals surface area contributed by atoms with Crippen molar-refractivity contribution >= 4 is 40.5 Å². The van der Waals surface area contributed by atoms with Crippen molar-refractivity contribution in [2.45, 2.75) is 39.7 Å². The van der Waals surface area contributed by atoms with E-state index < -0.39 is 11.7 Å². The van der Waals surface area contributed by atoms with Gasteiger partial charge in [0.15, 0.2) is 3.95 Å². The molecule has 1 amide bonds. The molecule has 7 heteroatoms. The Balaban J connectivity index is 2.51. The van der Waals surface area contributed by atoms with E-state index in [0.717, 1.165) is 17.7 Å². The number of nitrogens with zero attached hydrogens (tertiary/aromatic N) is 2. The van der Waals surface area contributed by atoms with Gasteiger partial charge in [-0.05, 0) is 51.0 Å². The monoisotopic (exact) mass is 337 g/mol. The zero-order valence-corrected chi connectivity index (χ0v) is 14.7. The summed E-state index contributed by atoms with van der Waals surface area (Å²) in [6, 6.07) is 7.70. The zero-order valence-electron chi connectivity index (χ0n) is 13.0. The highest BCUT2D eigenvalue weighted by atomic mass is 32.1. The Labute approximate surface area is 138 Å². The number of para-hydroxylation sites is 1. The Morgan fingerprint density at radius 2 is 2.09 bits per heavy atom. The van der Waals surface area contributed by atoms with E-state index in [1.54, 1.807) is 0 Å². The quantitative estimate of drug-likeness (QED) is 0.815. The van der Waals surface area contributed by atoms with Gasteiger partial charge < -0.3 is 4.74 Å². The second kappa shape index (κ2) is 6.58. The number of carbonyl (C=O) groups excluding carboxylic acids is 1. The van der Waals surface area contributed by atoms with Crippen molar-refractivity contribution in [2.75, 3.05) is 4.90 Å². The van der Waals surface area contributed by atoms with E-state index in [0.29, 0.717) is 9.09 Å². The highest BCUT2D eigenvalue weighted by molar-refractivity contribution is 7.73. The summed E-state index contributed by atoms with van der Waals surface area (Å²) in [5, 5.41) is 7.31. The molecule has 1 aromatic heterocycles. The minimum atomic E-state index is -0.589. The number of hydrogen-bond donors (Lipinski definition) is 1. The van der Waals surface area contributed by atoms with Crippen LogP contribution in [0.3, 0.4) is 0 Å². The number of nitrogens with one attached hydrogen (secondary N) is 1. The number of ether oxygens (including phenoxy) is 1. The molecule has 0 saturated heterocycles. The van der Waals surface area contributed by atoms with Crippen LogP contribution in [0.15, 0.2) is 24.3 Å². The summed E-state index contributed by atoms with van der Waals surface area (Å²) in [6.07, 6.45) is 0.330. The molecule has 118 valence electrons. The van der Waals surface area contributed by atoms with Crippen LogP contribution >= 0.6 is 23.6 Å². The summed E-state index contributed by atoms with van der Waals surface area (Å²) in [5.74, 6) is 0. The van der Waals surface area contributed by atoms with Gasteiger partial charge in [0.1, 0.15) is 5.60 Å². The fraction of sp³-hybridized carbons (Fsp3) is 0.400. The number of H-pyrrole nitrogens is 1. The maximum absolute atomic E-state index is 12.7. The van der Waals surface area contributed by atoms with Crippen LogP contribution in [-0.2, 0) is 11.2 Å². The summed E-state index contributed by atoms with van der Waals surface area (Å²) in [7, 11) is 0. The van der Waals surface area contributed by atoms with Crippen LogP contribution in [0.5, 0.6) is 0 Å². The molecule has 0 aliphatic rings. The molecule has 0 bridgehead atoms. The van der Waals surface area contributed by atoms with Crippen LogP contribution in [0, 0.1) is 3.95 Å². The lowest BCUT2D eigenvalue weighted by atomic mass is 10.1.